The van der Waals surface area contributed by atoms with Crippen LogP contribution in [-0.2, 0) is 20.7 Å². The highest BCUT2D eigenvalue weighted by atomic mass is 16.5. The van der Waals surface area contributed by atoms with E-state index in [4.69, 9.17) is 18.7 Å². The lowest BCUT2D eigenvalue weighted by Gasteiger charge is -2.30. The summed E-state index contributed by atoms with van der Waals surface area (Å²) in [6.45, 7) is 5.07. The van der Waals surface area contributed by atoms with Crippen molar-refractivity contribution in [2.75, 3.05) is 24.6 Å². The van der Waals surface area contributed by atoms with Crippen LogP contribution in [0.3, 0.4) is 0 Å². The minimum Gasteiger partial charge on any atom is -0.432 e. The number of hydrogen-bond acceptors (Lipinski definition) is 6. The van der Waals surface area contributed by atoms with Crippen LogP contribution in [-0.4, -0.2) is 36.9 Å². The van der Waals surface area contributed by atoms with Crippen molar-refractivity contribution in [3.63, 3.8) is 0 Å². The van der Waals surface area contributed by atoms with E-state index >= 15 is 0 Å². The largest absolute Gasteiger partial charge is 0.432 e. The second-order valence-electron chi connectivity index (χ2n) is 5.52. The van der Waals surface area contributed by atoms with Gasteiger partial charge in [-0.15, -0.1) is 0 Å². The van der Waals surface area contributed by atoms with Crippen LogP contribution in [0.1, 0.15) is 38.3 Å². The second-order valence-corrected chi connectivity index (χ2v) is 5.52. The first-order chi connectivity index (χ1) is 10.3. The molecule has 0 bridgehead atoms. The second kappa shape index (κ2) is 7.96. The first kappa shape index (κ1) is 15.7. The number of aryl methyl sites for hydroxylation is 1. The highest BCUT2D eigenvalue weighted by molar-refractivity contribution is 5.27. The quantitative estimate of drug-likeness (QED) is 0.827. The molecule has 6 nitrogen and oxygen atoms in total. The van der Waals surface area contributed by atoms with Gasteiger partial charge in [0, 0.05) is 19.7 Å². The number of oxazole rings is 1. The molecule has 6 heteroatoms. The lowest BCUT2D eigenvalue weighted by molar-refractivity contribution is -0.191. The standard InChI is InChI=1S/C14H22N2O2.CO2/c1-2-12-10-18-14(15-12)16-7-5-13(6-8-16)17-9-11-3-4-11;2-1-3/h10-11,13H,2-9H2,1H3;. The minimum atomic E-state index is 0.250. The molecule has 2 fully saturated rings. The van der Waals surface area contributed by atoms with Gasteiger partial charge in [-0.05, 0) is 38.0 Å². The zero-order valence-corrected chi connectivity index (χ0v) is 12.4. The van der Waals surface area contributed by atoms with Crippen LogP contribution in [0.4, 0.5) is 6.01 Å². The fraction of sp³-hybridized carbons (Fsp3) is 0.733. The summed E-state index contributed by atoms with van der Waals surface area (Å²) >= 11 is 0. The summed E-state index contributed by atoms with van der Waals surface area (Å²) in [6.07, 6.45) is 8.33. The Labute approximate surface area is 124 Å². The van der Waals surface area contributed by atoms with E-state index in [0.29, 0.717) is 6.10 Å². The van der Waals surface area contributed by atoms with Gasteiger partial charge in [-0.25, -0.2) is 0 Å². The normalized spacial score (nSPS) is 18.8. The third kappa shape index (κ3) is 4.99. The summed E-state index contributed by atoms with van der Waals surface area (Å²) in [6, 6.07) is 0.785. The number of aromatic nitrogens is 1. The third-order valence-corrected chi connectivity index (χ3v) is 3.88. The van der Waals surface area contributed by atoms with Crippen molar-refractivity contribution in [1.82, 2.24) is 4.98 Å². The molecule has 116 valence electrons. The van der Waals surface area contributed by atoms with Crippen LogP contribution in [0.2, 0.25) is 0 Å². The molecule has 1 saturated carbocycles. The van der Waals surface area contributed by atoms with Crippen LogP contribution in [0.15, 0.2) is 10.7 Å². The molecule has 0 atom stereocenters. The number of nitrogens with zero attached hydrogens (tertiary/aromatic N) is 2. The van der Waals surface area contributed by atoms with E-state index < -0.39 is 0 Å². The number of ether oxygens (including phenoxy) is 1. The number of carbonyl (C=O) groups excluding carboxylic acids is 2. The average molecular weight is 294 g/mol. The van der Waals surface area contributed by atoms with Gasteiger partial charge in [0.2, 0.25) is 0 Å². The molecule has 3 rings (SSSR count). The van der Waals surface area contributed by atoms with Gasteiger partial charge in [0.15, 0.2) is 0 Å². The smallest absolute Gasteiger partial charge is 0.373 e. The van der Waals surface area contributed by atoms with Crippen LogP contribution in [0.5, 0.6) is 0 Å². The van der Waals surface area contributed by atoms with Gasteiger partial charge in [-0.3, -0.25) is 0 Å². The number of piperidine rings is 1. The van der Waals surface area contributed by atoms with Crippen molar-refractivity contribution >= 4 is 12.2 Å². The fourth-order valence-electron chi connectivity index (χ4n) is 2.37. The van der Waals surface area contributed by atoms with Gasteiger partial charge < -0.3 is 14.1 Å². The Morgan fingerprint density at radius 2 is 2.00 bits per heavy atom. The summed E-state index contributed by atoms with van der Waals surface area (Å²) in [7, 11) is 0. The van der Waals surface area contributed by atoms with E-state index in [2.05, 4.69) is 16.8 Å². The Morgan fingerprint density at radius 3 is 2.52 bits per heavy atom. The van der Waals surface area contributed by atoms with Gasteiger partial charge in [0.05, 0.1) is 11.8 Å². The molecule has 0 aromatic carbocycles. The number of anilines is 1. The summed E-state index contributed by atoms with van der Waals surface area (Å²) in [5.41, 5.74) is 1.04. The van der Waals surface area contributed by atoms with Crippen molar-refractivity contribution in [3.8, 4) is 0 Å². The molecule has 0 spiro atoms. The van der Waals surface area contributed by atoms with Crippen molar-refractivity contribution in [1.29, 1.82) is 0 Å². The molecule has 2 heterocycles. The topological polar surface area (TPSA) is 72.6 Å². The van der Waals surface area contributed by atoms with Crippen molar-refractivity contribution in [3.05, 3.63) is 12.0 Å². The molecule has 0 unspecified atom stereocenters. The van der Waals surface area contributed by atoms with Crippen LogP contribution >= 0.6 is 0 Å². The Morgan fingerprint density at radius 1 is 1.33 bits per heavy atom. The van der Waals surface area contributed by atoms with E-state index in [-0.39, 0.29) is 6.15 Å². The van der Waals surface area contributed by atoms with E-state index in [1.807, 2.05) is 0 Å². The lowest BCUT2D eigenvalue weighted by atomic mass is 10.1. The molecule has 1 aromatic heterocycles. The molecule has 1 aliphatic carbocycles. The highest BCUT2D eigenvalue weighted by Gasteiger charge is 2.26. The van der Waals surface area contributed by atoms with Crippen LogP contribution in [0, 0.1) is 5.92 Å². The molecule has 0 radical (unpaired) electrons. The monoisotopic (exact) mass is 294 g/mol. The van der Waals surface area contributed by atoms with Crippen LogP contribution < -0.4 is 4.90 Å². The highest BCUT2D eigenvalue weighted by Crippen LogP contribution is 2.30. The van der Waals surface area contributed by atoms with E-state index in [1.165, 1.54) is 12.8 Å². The van der Waals surface area contributed by atoms with Gasteiger partial charge >= 0.3 is 6.15 Å². The first-order valence-corrected chi connectivity index (χ1v) is 7.57. The SMILES string of the molecule is CCc1coc(N2CCC(OCC3CC3)CC2)n1.O=C=O. The zero-order valence-electron chi connectivity index (χ0n) is 12.4. The summed E-state index contributed by atoms with van der Waals surface area (Å²) in [5.74, 6) is 0.863. The Kier molecular flexibility index (Phi) is 5.96. The molecule has 1 aromatic rings. The Hall–Kier alpha value is -1.65. The Balaban J connectivity index is 0.000000497. The molecular formula is C15H22N2O4. The summed E-state index contributed by atoms with van der Waals surface area (Å²) in [5, 5.41) is 0. The average Bonchev–Trinajstić information content (AvgIpc) is 3.22. The molecular weight excluding hydrogens is 272 g/mol. The maximum absolute atomic E-state index is 8.12. The lowest BCUT2D eigenvalue weighted by Crippen LogP contribution is -2.37. The van der Waals surface area contributed by atoms with Crippen molar-refractivity contribution in [2.45, 2.75) is 45.1 Å². The van der Waals surface area contributed by atoms with Crippen molar-refractivity contribution < 1.29 is 18.7 Å². The van der Waals surface area contributed by atoms with E-state index in [0.717, 1.165) is 56.6 Å². The van der Waals surface area contributed by atoms with Gasteiger partial charge in [-0.1, -0.05) is 6.92 Å². The molecule has 0 N–H and O–H groups in total. The first-order valence-electron chi connectivity index (χ1n) is 7.57. The molecule has 1 saturated heterocycles. The van der Waals surface area contributed by atoms with Crippen molar-refractivity contribution in [2.24, 2.45) is 5.92 Å². The van der Waals surface area contributed by atoms with E-state index in [9.17, 15) is 0 Å². The number of rotatable bonds is 5. The van der Waals surface area contributed by atoms with E-state index in [1.54, 1.807) is 6.26 Å². The predicted octanol–water partition coefficient (Wildman–Crippen LogP) is 2.05. The van der Waals surface area contributed by atoms with Gasteiger partial charge in [-0.2, -0.15) is 14.6 Å². The number of hydrogen-bond donors (Lipinski definition) is 0. The zero-order chi connectivity index (χ0) is 15.1. The molecule has 1 aliphatic heterocycles. The molecule has 21 heavy (non-hydrogen) atoms. The third-order valence-electron chi connectivity index (χ3n) is 3.88. The Bertz CT molecular complexity index is 456. The molecule has 2 aliphatic rings. The van der Waals surface area contributed by atoms with Gasteiger partial charge in [0.25, 0.3) is 6.01 Å². The fourth-order valence-corrected chi connectivity index (χ4v) is 2.37. The maximum atomic E-state index is 8.12. The van der Waals surface area contributed by atoms with Crippen LogP contribution in [0.25, 0.3) is 0 Å². The maximum Gasteiger partial charge on any atom is 0.373 e. The summed E-state index contributed by atoms with van der Waals surface area (Å²) < 4.78 is 11.5. The predicted molar refractivity (Wildman–Crippen MR) is 74.8 cm³/mol. The molecule has 0 amide bonds. The van der Waals surface area contributed by atoms with Gasteiger partial charge in [0.1, 0.15) is 6.26 Å². The minimum absolute atomic E-state index is 0.250. The summed E-state index contributed by atoms with van der Waals surface area (Å²) in [4.78, 5) is 23.0.